The van der Waals surface area contributed by atoms with Crippen molar-refractivity contribution in [1.82, 2.24) is 5.32 Å². The maximum atomic E-state index is 11.6. The largest absolute Gasteiger partial charge is 0.388 e. The monoisotopic (exact) mass is 299 g/mol. The number of carbonyl (C=O) groups excluding carboxylic acids is 1. The molecule has 0 bridgehead atoms. The zero-order valence-electron chi connectivity index (χ0n) is 10.7. The summed E-state index contributed by atoms with van der Waals surface area (Å²) >= 11 is 7.43. The normalized spacial score (nSPS) is 16.7. The van der Waals surface area contributed by atoms with E-state index in [4.69, 9.17) is 11.6 Å². The van der Waals surface area contributed by atoms with Crippen LogP contribution in [0.2, 0.25) is 5.02 Å². The number of carbonyl (C=O) groups is 1. The second-order valence-corrected chi connectivity index (χ2v) is 6.51. The van der Waals surface area contributed by atoms with Crippen LogP contribution in [-0.4, -0.2) is 28.9 Å². The van der Waals surface area contributed by atoms with Gasteiger partial charge in [-0.3, -0.25) is 4.79 Å². The lowest BCUT2D eigenvalue weighted by atomic mass is 9.80. The van der Waals surface area contributed by atoms with Gasteiger partial charge in [0.05, 0.1) is 5.60 Å². The van der Waals surface area contributed by atoms with Crippen molar-refractivity contribution in [2.45, 2.75) is 36.2 Å². The molecule has 1 aliphatic carbocycles. The fraction of sp³-hybridized carbons (Fsp3) is 0.500. The Labute approximate surface area is 122 Å². The van der Waals surface area contributed by atoms with Crippen molar-refractivity contribution in [2.24, 2.45) is 0 Å². The minimum absolute atomic E-state index is 0.00166. The van der Waals surface area contributed by atoms with Crippen molar-refractivity contribution in [3.8, 4) is 0 Å². The number of nitrogens with one attached hydrogen (secondary N) is 1. The fourth-order valence-corrected chi connectivity index (χ4v) is 2.88. The number of benzene rings is 1. The minimum atomic E-state index is -0.640. The van der Waals surface area contributed by atoms with Gasteiger partial charge >= 0.3 is 0 Å². The third-order valence-corrected chi connectivity index (χ3v) is 4.58. The highest BCUT2D eigenvalue weighted by molar-refractivity contribution is 7.99. The molecule has 0 spiro atoms. The highest BCUT2D eigenvalue weighted by Gasteiger charge is 2.34. The summed E-state index contributed by atoms with van der Waals surface area (Å²) < 4.78 is 0. The number of rotatable bonds is 6. The molecule has 0 unspecified atom stereocenters. The molecular formula is C14H18ClNO2S. The summed E-state index contributed by atoms with van der Waals surface area (Å²) in [5, 5.41) is 13.4. The molecule has 2 N–H and O–H groups in total. The van der Waals surface area contributed by atoms with E-state index in [-0.39, 0.29) is 5.91 Å². The lowest BCUT2D eigenvalue weighted by molar-refractivity contribution is -0.123. The lowest BCUT2D eigenvalue weighted by Crippen LogP contribution is -2.47. The smallest absolute Gasteiger partial charge is 0.220 e. The molecule has 0 atom stereocenters. The van der Waals surface area contributed by atoms with Gasteiger partial charge in [-0.05, 0) is 43.5 Å². The highest BCUT2D eigenvalue weighted by atomic mass is 35.5. The Morgan fingerprint density at radius 2 is 2.05 bits per heavy atom. The van der Waals surface area contributed by atoms with Crippen molar-refractivity contribution >= 4 is 29.3 Å². The zero-order valence-corrected chi connectivity index (χ0v) is 12.3. The van der Waals surface area contributed by atoms with Crippen LogP contribution in [-0.2, 0) is 4.79 Å². The van der Waals surface area contributed by atoms with E-state index < -0.39 is 5.60 Å². The third-order valence-electron chi connectivity index (χ3n) is 3.31. The number of halogens is 1. The van der Waals surface area contributed by atoms with Gasteiger partial charge in [0.25, 0.3) is 0 Å². The molecule has 1 fully saturated rings. The Hall–Kier alpha value is -0.710. The van der Waals surface area contributed by atoms with Crippen molar-refractivity contribution in [2.75, 3.05) is 12.3 Å². The first-order valence-corrected chi connectivity index (χ1v) is 7.81. The molecule has 104 valence electrons. The molecule has 0 saturated heterocycles. The van der Waals surface area contributed by atoms with Crippen molar-refractivity contribution in [1.29, 1.82) is 0 Å². The van der Waals surface area contributed by atoms with Crippen LogP contribution in [0.3, 0.4) is 0 Å². The first-order valence-electron chi connectivity index (χ1n) is 6.45. The minimum Gasteiger partial charge on any atom is -0.388 e. The summed E-state index contributed by atoms with van der Waals surface area (Å²) in [7, 11) is 0. The Bertz CT molecular complexity index is 432. The molecule has 1 saturated carbocycles. The molecule has 0 aromatic heterocycles. The van der Waals surface area contributed by atoms with E-state index in [9.17, 15) is 9.90 Å². The summed E-state index contributed by atoms with van der Waals surface area (Å²) in [5.41, 5.74) is -0.640. The van der Waals surface area contributed by atoms with Gasteiger partial charge in [0, 0.05) is 28.6 Å². The Morgan fingerprint density at radius 1 is 1.37 bits per heavy atom. The van der Waals surface area contributed by atoms with E-state index in [1.54, 1.807) is 11.8 Å². The Kier molecular flexibility index (Phi) is 5.13. The molecule has 1 aromatic carbocycles. The average Bonchev–Trinajstić information content (AvgIpc) is 2.36. The standard InChI is InChI=1S/C14H18ClNO2S/c15-11-2-4-12(5-3-11)19-9-6-13(17)16-10-14(18)7-1-8-14/h2-5,18H,1,6-10H2,(H,16,17). The number of hydrogen-bond donors (Lipinski definition) is 2. The second-order valence-electron chi connectivity index (χ2n) is 4.91. The van der Waals surface area contributed by atoms with E-state index in [2.05, 4.69) is 5.32 Å². The van der Waals surface area contributed by atoms with Gasteiger partial charge in [-0.15, -0.1) is 11.8 Å². The maximum absolute atomic E-state index is 11.6. The van der Waals surface area contributed by atoms with Crippen LogP contribution in [0.1, 0.15) is 25.7 Å². The van der Waals surface area contributed by atoms with E-state index >= 15 is 0 Å². The number of aliphatic hydroxyl groups is 1. The highest BCUT2D eigenvalue weighted by Crippen LogP contribution is 2.30. The van der Waals surface area contributed by atoms with Crippen molar-refractivity contribution in [3.63, 3.8) is 0 Å². The third kappa shape index (κ3) is 4.71. The van der Waals surface area contributed by atoms with Crippen LogP contribution in [0.25, 0.3) is 0 Å². The average molecular weight is 300 g/mol. The summed E-state index contributed by atoms with van der Waals surface area (Å²) in [4.78, 5) is 12.7. The van der Waals surface area contributed by atoms with Gasteiger partial charge in [-0.2, -0.15) is 0 Å². The topological polar surface area (TPSA) is 49.3 Å². The van der Waals surface area contributed by atoms with Gasteiger partial charge in [0.1, 0.15) is 0 Å². The molecule has 19 heavy (non-hydrogen) atoms. The molecular weight excluding hydrogens is 282 g/mol. The van der Waals surface area contributed by atoms with E-state index in [1.807, 2.05) is 24.3 Å². The molecule has 2 rings (SSSR count). The van der Waals surface area contributed by atoms with Crippen molar-refractivity contribution in [3.05, 3.63) is 29.3 Å². The molecule has 0 aliphatic heterocycles. The van der Waals surface area contributed by atoms with Crippen molar-refractivity contribution < 1.29 is 9.90 Å². The first-order chi connectivity index (χ1) is 9.07. The predicted molar refractivity (Wildman–Crippen MR) is 78.6 cm³/mol. The van der Waals surface area contributed by atoms with E-state index in [0.717, 1.165) is 34.9 Å². The summed E-state index contributed by atoms with van der Waals surface area (Å²) in [6.45, 7) is 0.386. The molecule has 1 amide bonds. The molecule has 3 nitrogen and oxygen atoms in total. The lowest BCUT2D eigenvalue weighted by Gasteiger charge is -2.36. The van der Waals surface area contributed by atoms with E-state index in [1.165, 1.54) is 0 Å². The van der Waals surface area contributed by atoms with Gasteiger partial charge in [-0.25, -0.2) is 0 Å². The van der Waals surface area contributed by atoms with Crippen LogP contribution < -0.4 is 5.32 Å². The maximum Gasteiger partial charge on any atom is 0.220 e. The molecule has 0 heterocycles. The number of amides is 1. The molecule has 1 aromatic rings. The quantitative estimate of drug-likeness (QED) is 0.794. The zero-order chi connectivity index (χ0) is 13.7. The predicted octanol–water partition coefficient (Wildman–Crippen LogP) is 2.85. The van der Waals surface area contributed by atoms with E-state index in [0.29, 0.717) is 13.0 Å². The van der Waals surface area contributed by atoms with Crippen LogP contribution in [0.5, 0.6) is 0 Å². The van der Waals surface area contributed by atoms with Gasteiger partial charge in [0.15, 0.2) is 0 Å². The molecule has 1 aliphatic rings. The number of thioether (sulfide) groups is 1. The van der Waals surface area contributed by atoms with Gasteiger partial charge in [0.2, 0.25) is 5.91 Å². The SMILES string of the molecule is O=C(CCSc1ccc(Cl)cc1)NCC1(O)CCC1. The Balaban J connectivity index is 1.62. The van der Waals surface area contributed by atoms with Gasteiger partial charge in [-0.1, -0.05) is 11.6 Å². The summed E-state index contributed by atoms with van der Waals surface area (Å²) in [6.07, 6.45) is 3.11. The number of hydrogen-bond acceptors (Lipinski definition) is 3. The van der Waals surface area contributed by atoms with Crippen LogP contribution >= 0.6 is 23.4 Å². The van der Waals surface area contributed by atoms with Gasteiger partial charge < -0.3 is 10.4 Å². The first kappa shape index (κ1) is 14.7. The van der Waals surface area contributed by atoms with Crippen LogP contribution in [0.4, 0.5) is 0 Å². The van der Waals surface area contributed by atoms with Crippen LogP contribution in [0, 0.1) is 0 Å². The second kappa shape index (κ2) is 6.64. The molecule has 0 radical (unpaired) electrons. The summed E-state index contributed by atoms with van der Waals surface area (Å²) in [6, 6.07) is 7.58. The Morgan fingerprint density at radius 3 is 2.63 bits per heavy atom. The summed E-state index contributed by atoms with van der Waals surface area (Å²) in [5.74, 6) is 0.730. The van der Waals surface area contributed by atoms with Crippen LogP contribution in [0.15, 0.2) is 29.2 Å². The fourth-order valence-electron chi connectivity index (χ4n) is 1.91. The molecule has 5 heteroatoms.